The summed E-state index contributed by atoms with van der Waals surface area (Å²) in [6.45, 7) is 4.47. The van der Waals surface area contributed by atoms with Crippen LogP contribution in [0.1, 0.15) is 82.7 Å². The Balaban J connectivity index is 1.10. The van der Waals surface area contributed by atoms with Gasteiger partial charge in [-0.15, -0.1) is 0 Å². The summed E-state index contributed by atoms with van der Waals surface area (Å²) < 4.78 is 0. The van der Waals surface area contributed by atoms with Crippen molar-refractivity contribution < 1.29 is 0 Å². The van der Waals surface area contributed by atoms with Gasteiger partial charge < -0.3 is 5.32 Å². The average molecular weight is 649 g/mol. The fourth-order valence-electron chi connectivity index (χ4n) is 7.90. The van der Waals surface area contributed by atoms with Gasteiger partial charge in [0, 0.05) is 23.0 Å². The summed E-state index contributed by atoms with van der Waals surface area (Å²) in [5, 5.41) is 3.78. The minimum Gasteiger partial charge on any atom is -0.342 e. The highest BCUT2D eigenvalue weighted by atomic mass is 15.2. The summed E-state index contributed by atoms with van der Waals surface area (Å²) in [5.41, 5.74) is 12.1. The van der Waals surface area contributed by atoms with Crippen LogP contribution in [0, 0.1) is 11.8 Å². The molecular formula is C46H40N4. The van der Waals surface area contributed by atoms with Gasteiger partial charge in [-0.1, -0.05) is 140 Å². The van der Waals surface area contributed by atoms with Gasteiger partial charge in [0.2, 0.25) is 0 Å². The maximum Gasteiger partial charge on any atom is 0.159 e. The normalized spacial score (nSPS) is 24.6. The monoisotopic (exact) mass is 648 g/mol. The molecule has 4 aromatic rings. The van der Waals surface area contributed by atoms with Crippen LogP contribution in [-0.2, 0) is 12.1 Å². The molecule has 9 rings (SSSR count). The van der Waals surface area contributed by atoms with Gasteiger partial charge >= 0.3 is 0 Å². The SMILES string of the molecule is CC1CC=Cc2cc([C@]3(C)N=C(c4ccc5c(c4)C=CCC5)N=C(c4ccc(C5=NC(c6ccccc6)=CC6C=CC=CC56)cc4)N3)ccc21. The Kier molecular flexibility index (Phi) is 7.53. The number of fused-ring (bicyclic) bond motifs is 3. The Morgan fingerprint density at radius 1 is 0.740 bits per heavy atom. The molecule has 5 aliphatic rings. The molecular weight excluding hydrogens is 609 g/mol. The summed E-state index contributed by atoms with van der Waals surface area (Å²) in [6.07, 6.45) is 23.4. The molecule has 0 radical (unpaired) electrons. The number of benzene rings is 4. The van der Waals surface area contributed by atoms with E-state index in [0.29, 0.717) is 5.92 Å². The van der Waals surface area contributed by atoms with E-state index < -0.39 is 5.66 Å². The largest absolute Gasteiger partial charge is 0.342 e. The van der Waals surface area contributed by atoms with Crippen LogP contribution in [0.4, 0.5) is 0 Å². The van der Waals surface area contributed by atoms with Crippen LogP contribution in [0.5, 0.6) is 0 Å². The molecule has 3 aliphatic carbocycles. The second kappa shape index (κ2) is 12.4. The maximum atomic E-state index is 5.35. The standard InChI is InChI=1S/C46H40N4/c1-30-11-10-17-36-28-39(25-26-40(30)36)46(2)49-44(48-45(50-46)38-24-19-31-12-6-7-15-35(31)27-38)34-22-20-33(21-23-34)43-41-18-9-8-16-37(41)29-42(47-43)32-13-4-3-5-14-32/h3-5,7-10,13-30,37,41H,6,11-12H2,1-2H3,(H,48,49,50)/t30?,37?,41?,46-/m0/s1. The number of nitrogens with zero attached hydrogens (tertiary/aromatic N) is 3. The number of amidine groups is 2. The van der Waals surface area contributed by atoms with Gasteiger partial charge in [0.15, 0.2) is 11.5 Å². The predicted molar refractivity (Wildman–Crippen MR) is 209 cm³/mol. The highest BCUT2D eigenvalue weighted by Crippen LogP contribution is 2.37. The third kappa shape index (κ3) is 5.55. The van der Waals surface area contributed by atoms with Crippen LogP contribution >= 0.6 is 0 Å². The Labute approximate surface area is 294 Å². The zero-order valence-corrected chi connectivity index (χ0v) is 28.6. The molecule has 4 nitrogen and oxygen atoms in total. The first-order valence-electron chi connectivity index (χ1n) is 17.9. The van der Waals surface area contributed by atoms with Crippen LogP contribution in [0.15, 0.2) is 149 Å². The van der Waals surface area contributed by atoms with E-state index in [-0.39, 0.29) is 11.8 Å². The Bertz CT molecular complexity index is 2240. The quantitative estimate of drug-likeness (QED) is 0.230. The fourth-order valence-corrected chi connectivity index (χ4v) is 7.90. The number of aryl methyl sites for hydroxylation is 1. The number of hydrogen-bond donors (Lipinski definition) is 1. The van der Waals surface area contributed by atoms with Crippen LogP contribution in [0.25, 0.3) is 17.8 Å². The van der Waals surface area contributed by atoms with Gasteiger partial charge in [-0.2, -0.15) is 0 Å². The van der Waals surface area contributed by atoms with Crippen LogP contribution in [0.2, 0.25) is 0 Å². The summed E-state index contributed by atoms with van der Waals surface area (Å²) in [7, 11) is 0. The van der Waals surface area contributed by atoms with Crippen LogP contribution in [0.3, 0.4) is 0 Å². The molecule has 4 heteroatoms. The number of rotatable bonds is 5. The van der Waals surface area contributed by atoms with E-state index in [1.807, 2.05) is 0 Å². The molecule has 1 N–H and O–H groups in total. The number of allylic oxidation sites excluding steroid dienone is 7. The number of hydrogen-bond acceptors (Lipinski definition) is 4. The minimum atomic E-state index is -0.713. The summed E-state index contributed by atoms with van der Waals surface area (Å²) >= 11 is 0. The van der Waals surface area contributed by atoms with Gasteiger partial charge in [-0.05, 0) is 83.2 Å². The Morgan fingerprint density at radius 2 is 1.54 bits per heavy atom. The molecule has 2 heterocycles. The van der Waals surface area contributed by atoms with Gasteiger partial charge in [0.05, 0.1) is 11.4 Å². The predicted octanol–water partition coefficient (Wildman–Crippen LogP) is 10.0. The lowest BCUT2D eigenvalue weighted by Gasteiger charge is -2.34. The summed E-state index contributed by atoms with van der Waals surface area (Å²) in [6, 6.07) is 32.8. The van der Waals surface area contributed by atoms with Crippen molar-refractivity contribution in [3.05, 3.63) is 184 Å². The smallest absolute Gasteiger partial charge is 0.159 e. The average Bonchev–Trinajstić information content (AvgIpc) is 3.17. The molecule has 0 saturated carbocycles. The highest BCUT2D eigenvalue weighted by molar-refractivity contribution is 6.14. The molecule has 4 atom stereocenters. The second-order valence-electron chi connectivity index (χ2n) is 14.2. The zero-order chi connectivity index (χ0) is 33.7. The third-order valence-electron chi connectivity index (χ3n) is 10.8. The number of aliphatic imine (C=N–C) groups is 3. The topological polar surface area (TPSA) is 49.1 Å². The van der Waals surface area contributed by atoms with Gasteiger partial charge in [0.1, 0.15) is 5.84 Å². The lowest BCUT2D eigenvalue weighted by atomic mass is 9.79. The summed E-state index contributed by atoms with van der Waals surface area (Å²) in [4.78, 5) is 15.8. The van der Waals surface area contributed by atoms with E-state index in [9.17, 15) is 0 Å². The molecule has 0 amide bonds. The van der Waals surface area contributed by atoms with Crippen molar-refractivity contribution in [2.45, 2.75) is 44.7 Å². The Morgan fingerprint density at radius 3 is 2.42 bits per heavy atom. The first-order valence-corrected chi connectivity index (χ1v) is 17.9. The first-order chi connectivity index (χ1) is 24.5. The van der Waals surface area contributed by atoms with E-state index in [0.717, 1.165) is 70.2 Å². The third-order valence-corrected chi connectivity index (χ3v) is 10.8. The molecule has 244 valence electrons. The van der Waals surface area contributed by atoms with E-state index in [2.05, 4.69) is 165 Å². The fraction of sp³-hybridized carbons (Fsp3) is 0.196. The Hall–Kier alpha value is -5.61. The van der Waals surface area contributed by atoms with Gasteiger partial charge in [0.25, 0.3) is 0 Å². The van der Waals surface area contributed by atoms with Crippen molar-refractivity contribution in [2.75, 3.05) is 0 Å². The van der Waals surface area contributed by atoms with Crippen molar-refractivity contribution in [3.8, 4) is 0 Å². The molecule has 0 spiro atoms. The lowest BCUT2D eigenvalue weighted by Crippen LogP contribution is -2.46. The molecule has 0 aromatic heterocycles. The molecule has 0 fully saturated rings. The van der Waals surface area contributed by atoms with Crippen LogP contribution < -0.4 is 5.32 Å². The van der Waals surface area contributed by atoms with Crippen molar-refractivity contribution in [3.63, 3.8) is 0 Å². The van der Waals surface area contributed by atoms with Gasteiger partial charge in [-0.25, -0.2) is 9.98 Å². The van der Waals surface area contributed by atoms with Crippen LogP contribution in [-0.4, -0.2) is 17.4 Å². The first kappa shape index (κ1) is 30.4. The maximum absolute atomic E-state index is 5.35. The van der Waals surface area contributed by atoms with Crippen molar-refractivity contribution in [1.82, 2.24) is 5.32 Å². The van der Waals surface area contributed by atoms with E-state index >= 15 is 0 Å². The van der Waals surface area contributed by atoms with E-state index in [4.69, 9.17) is 15.0 Å². The lowest BCUT2D eigenvalue weighted by molar-refractivity contribution is 0.454. The van der Waals surface area contributed by atoms with Gasteiger partial charge in [-0.3, -0.25) is 4.99 Å². The second-order valence-corrected chi connectivity index (χ2v) is 14.2. The zero-order valence-electron chi connectivity index (χ0n) is 28.6. The van der Waals surface area contributed by atoms with Crippen molar-refractivity contribution in [2.24, 2.45) is 26.8 Å². The highest BCUT2D eigenvalue weighted by Gasteiger charge is 2.34. The molecule has 0 saturated heterocycles. The molecule has 4 aromatic carbocycles. The molecule has 0 bridgehead atoms. The number of nitrogens with one attached hydrogen (secondary N) is 1. The van der Waals surface area contributed by atoms with E-state index in [1.165, 1.54) is 22.3 Å². The van der Waals surface area contributed by atoms with Crippen molar-refractivity contribution in [1.29, 1.82) is 0 Å². The molecule has 2 aliphatic heterocycles. The minimum absolute atomic E-state index is 0.198. The summed E-state index contributed by atoms with van der Waals surface area (Å²) in [5.74, 6) is 2.53. The molecule has 50 heavy (non-hydrogen) atoms. The van der Waals surface area contributed by atoms with E-state index in [1.54, 1.807) is 0 Å². The molecule has 3 unspecified atom stereocenters. The van der Waals surface area contributed by atoms with Crippen molar-refractivity contribution >= 4 is 35.2 Å².